The van der Waals surface area contributed by atoms with Crippen molar-refractivity contribution in [3.63, 3.8) is 0 Å². The van der Waals surface area contributed by atoms with Crippen molar-refractivity contribution in [2.75, 3.05) is 0 Å². The van der Waals surface area contributed by atoms with Crippen molar-refractivity contribution in [2.45, 2.75) is 6.36 Å². The molecule has 116 valence electrons. The summed E-state index contributed by atoms with van der Waals surface area (Å²) in [5.41, 5.74) is 0.525. The molecule has 0 atom stereocenters. The first-order chi connectivity index (χ1) is 10.3. The molecule has 0 N–H and O–H groups in total. The Morgan fingerprint density at radius 2 is 2.00 bits per heavy atom. The second-order valence-corrected chi connectivity index (χ2v) is 4.15. The summed E-state index contributed by atoms with van der Waals surface area (Å²) in [7, 11) is 1.69. The minimum Gasteiger partial charge on any atom is -0.406 e. The monoisotopic (exact) mass is 313 g/mol. The number of rotatable bonds is 4. The number of carbonyl (C=O) groups is 1. The SMILES string of the molecule is Cn1cnc(C(=O)ON=Cc2ccc(OC(F)(F)F)cc2)c1. The molecule has 1 heterocycles. The first kappa shape index (κ1) is 15.5. The maximum Gasteiger partial charge on any atom is 0.573 e. The van der Waals surface area contributed by atoms with E-state index in [9.17, 15) is 18.0 Å². The van der Waals surface area contributed by atoms with Gasteiger partial charge in [-0.2, -0.15) is 0 Å². The maximum atomic E-state index is 12.0. The van der Waals surface area contributed by atoms with Crippen LogP contribution in [0.1, 0.15) is 16.1 Å². The number of aromatic nitrogens is 2. The molecule has 0 amide bonds. The van der Waals surface area contributed by atoms with E-state index in [4.69, 9.17) is 0 Å². The molecule has 0 aliphatic carbocycles. The number of benzene rings is 1. The highest BCUT2D eigenvalue weighted by atomic mass is 19.4. The Morgan fingerprint density at radius 3 is 2.55 bits per heavy atom. The molecule has 0 aliphatic rings. The molecule has 2 rings (SSSR count). The van der Waals surface area contributed by atoms with Crippen LogP contribution in [0.2, 0.25) is 0 Å². The summed E-state index contributed by atoms with van der Waals surface area (Å²) >= 11 is 0. The van der Waals surface area contributed by atoms with Crippen molar-refractivity contribution in [3.8, 4) is 5.75 Å². The Bertz CT molecular complexity index is 678. The number of imidazole rings is 1. The number of oxime groups is 1. The summed E-state index contributed by atoms with van der Waals surface area (Å²) < 4.78 is 41.2. The quantitative estimate of drug-likeness (QED) is 0.494. The van der Waals surface area contributed by atoms with E-state index in [2.05, 4.69) is 19.7 Å². The molecule has 0 saturated carbocycles. The summed E-state index contributed by atoms with van der Waals surface area (Å²) in [4.78, 5) is 19.9. The van der Waals surface area contributed by atoms with Gasteiger partial charge in [-0.1, -0.05) is 5.16 Å². The maximum absolute atomic E-state index is 12.0. The van der Waals surface area contributed by atoms with E-state index in [0.717, 1.165) is 12.1 Å². The third-order valence-corrected chi connectivity index (χ3v) is 2.37. The van der Waals surface area contributed by atoms with Gasteiger partial charge in [-0.25, -0.2) is 9.78 Å². The van der Waals surface area contributed by atoms with Crippen molar-refractivity contribution in [2.24, 2.45) is 12.2 Å². The Labute approximate surface area is 122 Å². The van der Waals surface area contributed by atoms with E-state index < -0.39 is 12.3 Å². The highest BCUT2D eigenvalue weighted by Gasteiger charge is 2.30. The summed E-state index contributed by atoms with van der Waals surface area (Å²) in [6.07, 6.45) is -0.674. The van der Waals surface area contributed by atoms with E-state index >= 15 is 0 Å². The van der Waals surface area contributed by atoms with E-state index in [1.807, 2.05) is 0 Å². The first-order valence-corrected chi connectivity index (χ1v) is 5.92. The molecule has 9 heteroatoms. The smallest absolute Gasteiger partial charge is 0.406 e. The number of ether oxygens (including phenoxy) is 1. The van der Waals surface area contributed by atoms with Gasteiger partial charge < -0.3 is 14.1 Å². The Morgan fingerprint density at radius 1 is 1.32 bits per heavy atom. The number of halogens is 3. The molecule has 0 unspecified atom stereocenters. The van der Waals surface area contributed by atoms with E-state index in [-0.39, 0.29) is 11.4 Å². The molecule has 0 spiro atoms. The van der Waals surface area contributed by atoms with Gasteiger partial charge >= 0.3 is 12.3 Å². The predicted octanol–water partition coefficient (Wildman–Crippen LogP) is 2.51. The van der Waals surface area contributed by atoms with Gasteiger partial charge in [-0.3, -0.25) is 0 Å². The molecule has 0 radical (unpaired) electrons. The van der Waals surface area contributed by atoms with E-state index in [1.54, 1.807) is 11.6 Å². The third-order valence-electron chi connectivity index (χ3n) is 2.37. The summed E-state index contributed by atoms with van der Waals surface area (Å²) in [6.45, 7) is 0. The zero-order chi connectivity index (χ0) is 16.2. The van der Waals surface area contributed by atoms with Crippen LogP contribution in [0.5, 0.6) is 5.75 Å². The highest BCUT2D eigenvalue weighted by molar-refractivity contribution is 5.87. The van der Waals surface area contributed by atoms with Gasteiger partial charge in [0.25, 0.3) is 0 Å². The zero-order valence-corrected chi connectivity index (χ0v) is 11.2. The van der Waals surface area contributed by atoms with Crippen LogP contribution in [0.4, 0.5) is 13.2 Å². The number of alkyl halides is 3. The van der Waals surface area contributed by atoms with E-state index in [0.29, 0.717) is 5.56 Å². The summed E-state index contributed by atoms with van der Waals surface area (Å²) in [5.74, 6) is -1.09. The average Bonchev–Trinajstić information content (AvgIpc) is 2.86. The molecule has 1 aromatic carbocycles. The molecule has 0 saturated heterocycles. The van der Waals surface area contributed by atoms with Gasteiger partial charge in [-0.15, -0.1) is 13.2 Å². The first-order valence-electron chi connectivity index (χ1n) is 5.92. The van der Waals surface area contributed by atoms with Gasteiger partial charge in [0.1, 0.15) is 5.75 Å². The highest BCUT2D eigenvalue weighted by Crippen LogP contribution is 2.22. The van der Waals surface area contributed by atoms with Gasteiger partial charge in [0, 0.05) is 13.2 Å². The van der Waals surface area contributed by atoms with Crippen LogP contribution in [-0.2, 0) is 11.9 Å². The second-order valence-electron chi connectivity index (χ2n) is 4.15. The normalized spacial score (nSPS) is 11.6. The van der Waals surface area contributed by atoms with Crippen LogP contribution in [0, 0.1) is 0 Å². The third kappa shape index (κ3) is 4.62. The number of hydrogen-bond acceptors (Lipinski definition) is 5. The van der Waals surface area contributed by atoms with Crippen LogP contribution < -0.4 is 4.74 Å². The Hall–Kier alpha value is -2.84. The number of aryl methyl sites for hydroxylation is 1. The molecule has 6 nitrogen and oxygen atoms in total. The lowest BCUT2D eigenvalue weighted by Gasteiger charge is -2.08. The van der Waals surface area contributed by atoms with Crippen molar-refractivity contribution >= 4 is 12.2 Å². The van der Waals surface area contributed by atoms with Crippen molar-refractivity contribution in [3.05, 3.63) is 48.0 Å². The van der Waals surface area contributed by atoms with Crippen LogP contribution in [0.3, 0.4) is 0 Å². The van der Waals surface area contributed by atoms with Crippen molar-refractivity contribution < 1.29 is 27.5 Å². The second kappa shape index (κ2) is 6.29. The van der Waals surface area contributed by atoms with Crippen LogP contribution >= 0.6 is 0 Å². The van der Waals surface area contributed by atoms with Gasteiger partial charge in [0.2, 0.25) is 0 Å². The lowest BCUT2D eigenvalue weighted by Crippen LogP contribution is -2.17. The fraction of sp³-hybridized carbons (Fsp3) is 0.154. The zero-order valence-electron chi connectivity index (χ0n) is 11.2. The van der Waals surface area contributed by atoms with Crippen LogP contribution in [0.25, 0.3) is 0 Å². The fourth-order valence-corrected chi connectivity index (χ4v) is 1.46. The largest absolute Gasteiger partial charge is 0.573 e. The van der Waals surface area contributed by atoms with Gasteiger partial charge in [0.05, 0.1) is 12.5 Å². The Balaban J connectivity index is 1.92. The topological polar surface area (TPSA) is 65.7 Å². The van der Waals surface area contributed by atoms with Crippen LogP contribution in [0.15, 0.2) is 41.9 Å². The molecule has 22 heavy (non-hydrogen) atoms. The van der Waals surface area contributed by atoms with Crippen molar-refractivity contribution in [1.29, 1.82) is 0 Å². The molecule has 1 aromatic heterocycles. The number of nitrogens with zero attached hydrogens (tertiary/aromatic N) is 3. The predicted molar refractivity (Wildman–Crippen MR) is 69.3 cm³/mol. The molecule has 0 bridgehead atoms. The average molecular weight is 313 g/mol. The Kier molecular flexibility index (Phi) is 4.44. The standard InChI is InChI=1S/C13H10F3N3O3/c1-19-7-11(17-8-19)12(20)22-18-6-9-2-4-10(5-3-9)21-13(14,15)16/h2-8H,1H3. The van der Waals surface area contributed by atoms with Crippen LogP contribution in [-0.4, -0.2) is 28.1 Å². The lowest BCUT2D eigenvalue weighted by atomic mass is 10.2. The number of carbonyl (C=O) groups excluding carboxylic acids is 1. The summed E-state index contributed by atoms with van der Waals surface area (Å²) in [5, 5.41) is 3.44. The molecular formula is C13H10F3N3O3. The van der Waals surface area contributed by atoms with Crippen molar-refractivity contribution in [1.82, 2.24) is 9.55 Å². The lowest BCUT2D eigenvalue weighted by molar-refractivity contribution is -0.274. The molecule has 0 aliphatic heterocycles. The van der Waals surface area contributed by atoms with Gasteiger partial charge in [-0.05, 0) is 29.8 Å². The van der Waals surface area contributed by atoms with Gasteiger partial charge in [0.15, 0.2) is 5.69 Å². The van der Waals surface area contributed by atoms with E-state index in [1.165, 1.54) is 30.9 Å². The fourth-order valence-electron chi connectivity index (χ4n) is 1.46. The minimum atomic E-state index is -4.74. The molecular weight excluding hydrogens is 303 g/mol. The summed E-state index contributed by atoms with van der Waals surface area (Å²) in [6, 6.07) is 4.91. The molecule has 0 fully saturated rings. The minimum absolute atomic E-state index is 0.0913. The number of hydrogen-bond donors (Lipinski definition) is 0. The molecule has 2 aromatic rings.